The second kappa shape index (κ2) is 16.3. The Morgan fingerprint density at radius 2 is 0.962 bits per heavy atom. The van der Waals surface area contributed by atoms with Crippen molar-refractivity contribution in [3.63, 3.8) is 0 Å². The Hall–Kier alpha value is 0.346. The van der Waals surface area contributed by atoms with Crippen molar-refractivity contribution in [2.45, 2.75) is 125 Å². The van der Waals surface area contributed by atoms with Crippen molar-refractivity contribution in [1.82, 2.24) is 0 Å². The van der Waals surface area contributed by atoms with E-state index in [4.69, 9.17) is 0 Å². The van der Waals surface area contributed by atoms with Gasteiger partial charge in [0.1, 0.15) is 0 Å². The van der Waals surface area contributed by atoms with Crippen LogP contribution in [0.4, 0.5) is 0 Å². The van der Waals surface area contributed by atoms with Crippen LogP contribution < -0.4 is 0 Å². The third kappa shape index (κ3) is 22.4. The number of hydrogen-bond acceptors (Lipinski definition) is 0. The summed E-state index contributed by atoms with van der Waals surface area (Å²) in [4.78, 5) is 0. The van der Waals surface area contributed by atoms with Gasteiger partial charge in [0.25, 0.3) is 0 Å². The van der Waals surface area contributed by atoms with E-state index in [1.807, 2.05) is 6.92 Å². The molecule has 0 spiro atoms. The van der Waals surface area contributed by atoms with Crippen LogP contribution in [0.5, 0.6) is 0 Å². The van der Waals surface area contributed by atoms with Crippen LogP contribution in [0.2, 0.25) is 0 Å². The molecule has 0 heterocycles. The number of hydrogen-bond donors (Lipinski definition) is 0. The molecule has 2 atom stereocenters. The van der Waals surface area contributed by atoms with Gasteiger partial charge in [-0.25, -0.2) is 6.17 Å². The van der Waals surface area contributed by atoms with Gasteiger partial charge in [-0.1, -0.05) is 88.5 Å². The van der Waals surface area contributed by atoms with Gasteiger partial charge in [0.2, 0.25) is 0 Å². The summed E-state index contributed by atoms with van der Waals surface area (Å²) in [6.45, 7) is 25.2. The predicted molar refractivity (Wildman–Crippen MR) is 116 cm³/mol. The van der Waals surface area contributed by atoms with Crippen LogP contribution in [0.1, 0.15) is 95.4 Å². The van der Waals surface area contributed by atoms with Gasteiger partial charge in [0.15, 0.2) is 0 Å². The summed E-state index contributed by atoms with van der Waals surface area (Å²) in [6, 6.07) is 1.07. The van der Waals surface area contributed by atoms with E-state index in [0.29, 0.717) is 12.1 Å². The van der Waals surface area contributed by atoms with E-state index in [-0.39, 0.29) is 34.0 Å². The zero-order chi connectivity index (χ0) is 20.1. The predicted octanol–water partition coefficient (Wildman–Crippen LogP) is 7.40. The first kappa shape index (κ1) is 31.1. The van der Waals surface area contributed by atoms with Crippen molar-refractivity contribution in [2.24, 2.45) is 0 Å². The molecule has 0 aliphatic heterocycles. The first-order chi connectivity index (χ1) is 11.4. The average Bonchev–Trinajstić information content (AvgIpc) is 2.42. The zero-order valence-corrected chi connectivity index (χ0v) is 20.4. The third-order valence-electron chi connectivity index (χ3n) is 3.52. The summed E-state index contributed by atoms with van der Waals surface area (Å²) in [5, 5.41) is 18.2. The Morgan fingerprint density at radius 3 is 1.15 bits per heavy atom. The average molecular weight is 414 g/mol. The fraction of sp³-hybridized carbons (Fsp3) is 1.00. The molecule has 0 bridgehead atoms. The van der Waals surface area contributed by atoms with E-state index in [2.05, 4.69) is 90.5 Å². The fourth-order valence-corrected chi connectivity index (χ4v) is 2.72. The van der Waals surface area contributed by atoms with E-state index in [0.717, 1.165) is 32.4 Å². The smallest absolute Gasteiger partial charge is 0 e. The number of nitrogens with zero attached hydrogens (tertiary/aromatic N) is 4. The summed E-state index contributed by atoms with van der Waals surface area (Å²) in [5.74, 6) is 0. The zero-order valence-electron chi connectivity index (χ0n) is 19.4. The third-order valence-corrected chi connectivity index (χ3v) is 3.52. The summed E-state index contributed by atoms with van der Waals surface area (Å²) in [5.41, 5.74) is 0.0440. The van der Waals surface area contributed by atoms with E-state index >= 15 is 0 Å². The van der Waals surface area contributed by atoms with E-state index in [1.165, 1.54) is 0 Å². The molecule has 0 saturated carbocycles. The summed E-state index contributed by atoms with van der Waals surface area (Å²) < 4.78 is 0. The molecule has 0 rings (SSSR count). The minimum Gasteiger partial charge on any atom is -0.673 e. The molecule has 0 aromatic carbocycles. The van der Waals surface area contributed by atoms with E-state index < -0.39 is 0 Å². The Bertz CT molecular complexity index is 269. The van der Waals surface area contributed by atoms with Gasteiger partial charge in [0, 0.05) is 16.8 Å². The molecule has 0 saturated heterocycles. The van der Waals surface area contributed by atoms with Gasteiger partial charge in [-0.15, -0.1) is 30.1 Å². The first-order valence-corrected chi connectivity index (χ1v) is 10.2. The van der Waals surface area contributed by atoms with Crippen molar-refractivity contribution in [1.29, 1.82) is 0 Å². The quantitative estimate of drug-likeness (QED) is 0.358. The maximum Gasteiger partial charge on any atom is 0 e. The standard InChI is InChI=1S/C11H24N2.C10H22N2.Co/c1-5-10(12-7-3)9-11(6-2)13-8-4;1-8(11-9(2,3)4)12-10(5,6)7;/h10-11H,5-9H2,1-4H3;8H,1-7H3;/q2*-2;. The molecule has 26 heavy (non-hydrogen) atoms. The molecule has 5 heteroatoms. The molecule has 0 fully saturated rings. The molecular weight excluding hydrogens is 367 g/mol. The largest absolute Gasteiger partial charge is 0.673 e. The van der Waals surface area contributed by atoms with Crippen LogP contribution in [-0.2, 0) is 16.8 Å². The molecule has 0 amide bonds. The SMILES string of the molecule is CC([N-]C(C)(C)C)[N-]C(C)(C)C.CC[N-]C(CC)CC(CC)[N-]CC.[Co]. The van der Waals surface area contributed by atoms with Crippen molar-refractivity contribution in [3.05, 3.63) is 21.3 Å². The van der Waals surface area contributed by atoms with E-state index in [9.17, 15) is 0 Å². The Morgan fingerprint density at radius 1 is 0.654 bits per heavy atom. The van der Waals surface area contributed by atoms with Crippen molar-refractivity contribution >= 4 is 0 Å². The van der Waals surface area contributed by atoms with Crippen molar-refractivity contribution in [3.8, 4) is 0 Å². The van der Waals surface area contributed by atoms with Gasteiger partial charge in [-0.05, 0) is 0 Å². The minimum absolute atomic E-state index is 0. The fourth-order valence-electron chi connectivity index (χ4n) is 2.72. The van der Waals surface area contributed by atoms with Crippen LogP contribution in [-0.4, -0.2) is 42.4 Å². The van der Waals surface area contributed by atoms with Gasteiger partial charge >= 0.3 is 0 Å². The van der Waals surface area contributed by atoms with Gasteiger partial charge < -0.3 is 21.3 Å². The van der Waals surface area contributed by atoms with Crippen LogP contribution in [0.15, 0.2) is 0 Å². The molecular formula is C21H46CoN4-4. The van der Waals surface area contributed by atoms with Crippen LogP contribution in [0.25, 0.3) is 21.3 Å². The maximum atomic E-state index is 4.55. The van der Waals surface area contributed by atoms with Gasteiger partial charge in [-0.3, -0.25) is 0 Å². The monoisotopic (exact) mass is 413 g/mol. The van der Waals surface area contributed by atoms with Crippen LogP contribution in [0, 0.1) is 0 Å². The Kier molecular flexibility index (Phi) is 19.5. The Balaban J connectivity index is -0.000000393. The molecule has 2 unspecified atom stereocenters. The van der Waals surface area contributed by atoms with E-state index in [1.54, 1.807) is 0 Å². The molecule has 0 N–H and O–H groups in total. The van der Waals surface area contributed by atoms with Crippen molar-refractivity contribution < 1.29 is 16.8 Å². The summed E-state index contributed by atoms with van der Waals surface area (Å²) >= 11 is 0. The molecule has 0 aromatic rings. The van der Waals surface area contributed by atoms with Crippen LogP contribution >= 0.6 is 0 Å². The molecule has 4 nitrogen and oxygen atoms in total. The number of rotatable bonds is 10. The topological polar surface area (TPSA) is 56.4 Å². The first-order valence-electron chi connectivity index (χ1n) is 10.2. The normalized spacial score (nSPS) is 14.3. The molecule has 0 aliphatic carbocycles. The summed E-state index contributed by atoms with van der Waals surface area (Å²) in [6.07, 6.45) is 3.56. The molecule has 163 valence electrons. The second-order valence-corrected chi connectivity index (χ2v) is 8.59. The van der Waals surface area contributed by atoms with Crippen LogP contribution in [0.3, 0.4) is 0 Å². The van der Waals surface area contributed by atoms with Gasteiger partial charge in [0.05, 0.1) is 0 Å². The molecule has 0 aliphatic rings. The molecule has 1 radical (unpaired) electrons. The second-order valence-electron chi connectivity index (χ2n) is 8.59. The molecule has 0 aromatic heterocycles. The minimum atomic E-state index is 0. The summed E-state index contributed by atoms with van der Waals surface area (Å²) in [7, 11) is 0. The maximum absolute atomic E-state index is 4.55. The Labute approximate surface area is 176 Å². The van der Waals surface area contributed by atoms with Gasteiger partial charge in [-0.2, -0.15) is 13.1 Å². The van der Waals surface area contributed by atoms with Crippen molar-refractivity contribution in [2.75, 3.05) is 13.1 Å².